The molecule has 2 fully saturated rings. The number of hydrogen-bond acceptors (Lipinski definition) is 4. The number of ether oxygens (including phenoxy) is 2. The van der Waals surface area contributed by atoms with Crippen molar-refractivity contribution in [3.8, 4) is 11.1 Å². The van der Waals surface area contributed by atoms with Crippen LogP contribution in [0.4, 0.5) is 0 Å². The number of hydrogen-bond donors (Lipinski definition) is 0. The number of nitrogens with zero attached hydrogens (tertiary/aromatic N) is 2. The first-order valence-corrected chi connectivity index (χ1v) is 8.33. The molecule has 5 nitrogen and oxygen atoms in total. The first-order chi connectivity index (χ1) is 11.8. The van der Waals surface area contributed by atoms with Gasteiger partial charge in [-0.2, -0.15) is 0 Å². The number of aromatic nitrogens is 1. The minimum atomic E-state index is -0.457. The minimum Gasteiger partial charge on any atom is -0.347 e. The lowest BCUT2D eigenvalue weighted by atomic mass is 10.0. The Morgan fingerprint density at radius 3 is 2.42 bits per heavy atom. The Morgan fingerprint density at radius 1 is 1.00 bits per heavy atom. The minimum absolute atomic E-state index is 0.0214. The number of benzene rings is 1. The van der Waals surface area contributed by atoms with E-state index in [9.17, 15) is 4.79 Å². The third kappa shape index (κ3) is 2.92. The van der Waals surface area contributed by atoms with Crippen LogP contribution >= 0.6 is 0 Å². The molecule has 2 aliphatic rings. The zero-order valence-electron chi connectivity index (χ0n) is 13.5. The third-order valence-corrected chi connectivity index (χ3v) is 4.72. The molecule has 0 atom stereocenters. The van der Waals surface area contributed by atoms with Gasteiger partial charge in [-0.15, -0.1) is 0 Å². The Hall–Kier alpha value is -2.24. The molecule has 4 rings (SSSR count). The largest absolute Gasteiger partial charge is 0.347 e. The van der Waals surface area contributed by atoms with E-state index in [0.29, 0.717) is 31.9 Å². The molecule has 2 aliphatic heterocycles. The van der Waals surface area contributed by atoms with Crippen LogP contribution in [-0.4, -0.2) is 47.9 Å². The van der Waals surface area contributed by atoms with Gasteiger partial charge in [0.25, 0.3) is 5.91 Å². The van der Waals surface area contributed by atoms with E-state index in [2.05, 4.69) is 4.98 Å². The van der Waals surface area contributed by atoms with Gasteiger partial charge >= 0.3 is 0 Å². The van der Waals surface area contributed by atoms with Crippen molar-refractivity contribution in [3.05, 3.63) is 54.4 Å². The zero-order chi connectivity index (χ0) is 16.4. The Morgan fingerprint density at radius 2 is 1.71 bits per heavy atom. The van der Waals surface area contributed by atoms with Crippen LogP contribution in [0.15, 0.2) is 48.8 Å². The number of carbonyl (C=O) groups is 1. The number of carbonyl (C=O) groups excluding carboxylic acids is 1. The molecule has 1 aromatic heterocycles. The van der Waals surface area contributed by atoms with Gasteiger partial charge < -0.3 is 14.4 Å². The molecule has 0 radical (unpaired) electrons. The topological polar surface area (TPSA) is 51.7 Å². The summed E-state index contributed by atoms with van der Waals surface area (Å²) in [5, 5.41) is 0. The highest BCUT2D eigenvalue weighted by atomic mass is 16.7. The van der Waals surface area contributed by atoms with E-state index in [1.807, 2.05) is 41.3 Å². The van der Waals surface area contributed by atoms with Crippen LogP contribution in [0.5, 0.6) is 0 Å². The molecular weight excluding hydrogens is 304 g/mol. The van der Waals surface area contributed by atoms with Gasteiger partial charge in [-0.05, 0) is 11.6 Å². The number of pyridine rings is 1. The predicted octanol–water partition coefficient (Wildman–Crippen LogP) is 2.73. The van der Waals surface area contributed by atoms with Gasteiger partial charge in [0.1, 0.15) is 0 Å². The smallest absolute Gasteiger partial charge is 0.255 e. The van der Waals surface area contributed by atoms with Crippen LogP contribution in [0.2, 0.25) is 0 Å². The van der Waals surface area contributed by atoms with Crippen molar-refractivity contribution in [2.24, 2.45) is 0 Å². The Labute approximate surface area is 141 Å². The van der Waals surface area contributed by atoms with Crippen LogP contribution in [0, 0.1) is 0 Å². The maximum absolute atomic E-state index is 12.8. The van der Waals surface area contributed by atoms with E-state index in [0.717, 1.165) is 24.0 Å². The zero-order valence-corrected chi connectivity index (χ0v) is 13.5. The van der Waals surface area contributed by atoms with E-state index < -0.39 is 5.79 Å². The summed E-state index contributed by atoms with van der Waals surface area (Å²) in [6.45, 7) is 2.59. The molecule has 124 valence electrons. The summed E-state index contributed by atoms with van der Waals surface area (Å²) in [6, 6.07) is 11.9. The van der Waals surface area contributed by atoms with E-state index in [1.165, 1.54) is 0 Å². The molecule has 1 aromatic carbocycles. The van der Waals surface area contributed by atoms with Crippen LogP contribution in [0.3, 0.4) is 0 Å². The lowest BCUT2D eigenvalue weighted by Crippen LogP contribution is -2.47. The van der Waals surface area contributed by atoms with E-state index in [-0.39, 0.29) is 5.91 Å². The van der Waals surface area contributed by atoms with Crippen molar-refractivity contribution >= 4 is 5.91 Å². The normalized spacial score (nSPS) is 19.6. The Kier molecular flexibility index (Phi) is 4.04. The summed E-state index contributed by atoms with van der Waals surface area (Å²) in [6.07, 6.45) is 4.88. The molecule has 0 unspecified atom stereocenters. The monoisotopic (exact) mass is 324 g/mol. The van der Waals surface area contributed by atoms with E-state index >= 15 is 0 Å². The summed E-state index contributed by atoms with van der Waals surface area (Å²) in [4.78, 5) is 18.9. The molecule has 0 N–H and O–H groups in total. The van der Waals surface area contributed by atoms with Gasteiger partial charge in [0.15, 0.2) is 5.79 Å². The first-order valence-electron chi connectivity index (χ1n) is 8.33. The second-order valence-corrected chi connectivity index (χ2v) is 6.23. The summed E-state index contributed by atoms with van der Waals surface area (Å²) < 4.78 is 11.4. The lowest BCUT2D eigenvalue weighted by Gasteiger charge is -2.37. The molecule has 1 spiro atoms. The average Bonchev–Trinajstić information content (AvgIpc) is 3.11. The van der Waals surface area contributed by atoms with Crippen molar-refractivity contribution in [1.82, 2.24) is 9.88 Å². The molecule has 0 bridgehead atoms. The number of piperidine rings is 1. The molecule has 5 heteroatoms. The van der Waals surface area contributed by atoms with Crippen molar-refractivity contribution in [1.29, 1.82) is 0 Å². The number of amides is 1. The fraction of sp³-hybridized carbons (Fsp3) is 0.368. The molecule has 3 heterocycles. The average molecular weight is 324 g/mol. The van der Waals surface area contributed by atoms with E-state index in [1.54, 1.807) is 12.4 Å². The molecular formula is C19H20N2O3. The van der Waals surface area contributed by atoms with Crippen LogP contribution in [0.25, 0.3) is 11.1 Å². The molecule has 24 heavy (non-hydrogen) atoms. The maximum Gasteiger partial charge on any atom is 0.255 e. The van der Waals surface area contributed by atoms with Crippen molar-refractivity contribution in [2.75, 3.05) is 26.3 Å². The number of likely N-dealkylation sites (tertiary alicyclic amines) is 1. The summed E-state index contributed by atoms with van der Waals surface area (Å²) in [5.41, 5.74) is 2.64. The van der Waals surface area contributed by atoms with Crippen LogP contribution < -0.4 is 0 Å². The van der Waals surface area contributed by atoms with E-state index in [4.69, 9.17) is 9.47 Å². The van der Waals surface area contributed by atoms with Gasteiger partial charge in [-0.25, -0.2) is 0 Å². The molecule has 0 saturated carbocycles. The van der Waals surface area contributed by atoms with Gasteiger partial charge in [0, 0.05) is 43.9 Å². The highest BCUT2D eigenvalue weighted by molar-refractivity contribution is 5.95. The first kappa shape index (κ1) is 15.3. The molecule has 1 amide bonds. The van der Waals surface area contributed by atoms with Crippen LogP contribution in [-0.2, 0) is 9.47 Å². The maximum atomic E-state index is 12.8. The summed E-state index contributed by atoms with van der Waals surface area (Å²) >= 11 is 0. The summed E-state index contributed by atoms with van der Waals surface area (Å²) in [7, 11) is 0. The molecule has 2 aromatic rings. The second-order valence-electron chi connectivity index (χ2n) is 6.23. The highest BCUT2D eigenvalue weighted by Gasteiger charge is 2.40. The molecule has 2 saturated heterocycles. The Balaban J connectivity index is 1.49. The fourth-order valence-electron chi connectivity index (χ4n) is 3.36. The second kappa shape index (κ2) is 6.34. The highest BCUT2D eigenvalue weighted by Crippen LogP contribution is 2.31. The van der Waals surface area contributed by atoms with Crippen molar-refractivity contribution in [3.63, 3.8) is 0 Å². The SMILES string of the molecule is O=C(c1cncc(-c2ccccc2)c1)N1CCC2(CC1)OCCO2. The van der Waals surface area contributed by atoms with Gasteiger partial charge in [-0.3, -0.25) is 9.78 Å². The number of rotatable bonds is 2. The van der Waals surface area contributed by atoms with Gasteiger partial charge in [0.2, 0.25) is 0 Å². The van der Waals surface area contributed by atoms with Crippen LogP contribution in [0.1, 0.15) is 23.2 Å². The quantitative estimate of drug-likeness (QED) is 0.852. The third-order valence-electron chi connectivity index (χ3n) is 4.72. The predicted molar refractivity (Wildman–Crippen MR) is 89.4 cm³/mol. The van der Waals surface area contributed by atoms with Crippen molar-refractivity contribution < 1.29 is 14.3 Å². The van der Waals surface area contributed by atoms with Gasteiger partial charge in [-0.1, -0.05) is 30.3 Å². The standard InChI is InChI=1S/C19H20N2O3/c22-18(21-8-6-19(7-9-21)23-10-11-24-19)17-12-16(13-20-14-17)15-4-2-1-3-5-15/h1-5,12-14H,6-11H2. The fourth-order valence-corrected chi connectivity index (χ4v) is 3.36. The Bertz CT molecular complexity index is 716. The summed E-state index contributed by atoms with van der Waals surface area (Å²) in [5.74, 6) is -0.436. The molecule has 0 aliphatic carbocycles. The van der Waals surface area contributed by atoms with Gasteiger partial charge in [0.05, 0.1) is 18.8 Å². The lowest BCUT2D eigenvalue weighted by molar-refractivity contribution is -0.181. The van der Waals surface area contributed by atoms with Crippen molar-refractivity contribution in [2.45, 2.75) is 18.6 Å².